The van der Waals surface area contributed by atoms with Crippen molar-refractivity contribution in [3.63, 3.8) is 0 Å². The third-order valence-corrected chi connectivity index (χ3v) is 14.0. The van der Waals surface area contributed by atoms with Crippen LogP contribution in [-0.2, 0) is 33.9 Å². The number of ketones is 1. The van der Waals surface area contributed by atoms with E-state index in [4.69, 9.17) is 23.7 Å². The Balaban J connectivity index is 1.15. The molecule has 0 spiro atoms. The lowest BCUT2D eigenvalue weighted by Gasteiger charge is -2.48. The van der Waals surface area contributed by atoms with Gasteiger partial charge in [-0.25, -0.2) is 0 Å². The normalized spacial score (nSPS) is 23.9. The lowest BCUT2D eigenvalue weighted by Crippen LogP contribution is -2.70. The highest BCUT2D eigenvalue weighted by atomic mass is 16.7. The number of nitrogens with zero attached hydrogens (tertiary/aromatic N) is 1. The van der Waals surface area contributed by atoms with Gasteiger partial charge in [0.05, 0.1) is 50.0 Å². The number of Topliss-reactive ketones (excluding diaryl/α,β-unsaturated/α-hetero) is 1. The van der Waals surface area contributed by atoms with Crippen molar-refractivity contribution in [1.29, 1.82) is 0 Å². The molecule has 7 N–H and O–H groups in total. The lowest BCUT2D eigenvalue weighted by atomic mass is 9.86. The molecule has 68 heavy (non-hydrogen) atoms. The number of aliphatic hydroxyl groups is 3. The Morgan fingerprint density at radius 3 is 2.59 bits per heavy atom. The zero-order chi connectivity index (χ0) is 47.3. The number of phenolic OH excluding ortho intramolecular Hbond substituents is 2. The number of ether oxygens (including phenoxy) is 5. The number of nitrogens with one attached hydrogen (secondary N) is 2. The molecule has 1 saturated heterocycles. The van der Waals surface area contributed by atoms with Crippen LogP contribution in [0, 0.1) is 0 Å². The third-order valence-electron chi connectivity index (χ3n) is 14.0. The molecule has 1 aromatic heterocycles. The second-order valence-electron chi connectivity index (χ2n) is 18.3. The number of fused-ring (bicyclic) bond motifs is 7. The van der Waals surface area contributed by atoms with Crippen LogP contribution < -0.4 is 14.8 Å². The molecule has 2 fully saturated rings. The van der Waals surface area contributed by atoms with Crippen LogP contribution in [0.15, 0.2) is 91.1 Å². The molecule has 10 rings (SSSR count). The summed E-state index contributed by atoms with van der Waals surface area (Å²) < 4.78 is 32.3. The second-order valence-corrected chi connectivity index (χ2v) is 18.3. The van der Waals surface area contributed by atoms with Gasteiger partial charge in [-0.05, 0) is 102 Å². The zero-order valence-corrected chi connectivity index (χ0v) is 37.8. The van der Waals surface area contributed by atoms with Crippen molar-refractivity contribution in [3.8, 4) is 23.0 Å². The van der Waals surface area contributed by atoms with E-state index in [1.54, 1.807) is 42.5 Å². The molecule has 6 aromatic rings. The summed E-state index contributed by atoms with van der Waals surface area (Å²) in [6.45, 7) is -0.878. The lowest BCUT2D eigenvalue weighted by molar-refractivity contribution is -0.338. The monoisotopic (exact) mass is 925 g/mol. The van der Waals surface area contributed by atoms with Crippen LogP contribution in [0.5, 0.6) is 23.0 Å². The average Bonchev–Trinajstić information content (AvgIpc) is 4.10. The summed E-state index contributed by atoms with van der Waals surface area (Å²) in [5.74, 6) is -0.944. The highest BCUT2D eigenvalue weighted by Gasteiger charge is 2.58. The molecule has 2 bridgehead atoms. The van der Waals surface area contributed by atoms with E-state index in [1.165, 1.54) is 24.1 Å². The Hall–Kier alpha value is -6.30. The minimum atomic E-state index is -2.46. The van der Waals surface area contributed by atoms with Crippen molar-refractivity contribution in [2.75, 3.05) is 33.9 Å². The van der Waals surface area contributed by atoms with Gasteiger partial charge in [-0.15, -0.1) is 0 Å². The SMILES string of the molecule is CNCc1ccc2[nH]cc(C3C=Cc4c(OC)cc5cc(C6CCCC6)c(C(=O)CN6Cc7ccccc7C6=O)c(O)c5c4OC4OC(CO3)C(O)C(OCc3cccc(O)c3)C4(O)CO)c2c1. The minimum Gasteiger partial charge on any atom is -0.508 e. The van der Waals surface area contributed by atoms with Gasteiger partial charge < -0.3 is 64.4 Å². The zero-order valence-electron chi connectivity index (χ0n) is 37.8. The average molecular weight is 926 g/mol. The number of carbonyl (C=O) groups excluding carboxylic acids is 2. The van der Waals surface area contributed by atoms with Gasteiger partial charge in [0.25, 0.3) is 5.91 Å². The predicted molar refractivity (Wildman–Crippen MR) is 252 cm³/mol. The molecule has 15 heteroatoms. The molecule has 6 atom stereocenters. The van der Waals surface area contributed by atoms with Gasteiger partial charge >= 0.3 is 0 Å². The van der Waals surface area contributed by atoms with Crippen molar-refractivity contribution in [1.82, 2.24) is 15.2 Å². The van der Waals surface area contributed by atoms with Gasteiger partial charge in [0.2, 0.25) is 6.29 Å². The van der Waals surface area contributed by atoms with Gasteiger partial charge in [0, 0.05) is 41.3 Å². The highest BCUT2D eigenvalue weighted by molar-refractivity contribution is 6.11. The molecular formula is C53H55N3O12. The molecule has 4 aliphatic rings. The Morgan fingerprint density at radius 1 is 1.00 bits per heavy atom. The number of methoxy groups -OCH3 is 1. The smallest absolute Gasteiger partial charge is 0.254 e. The standard InChI is InChI=1S/C53H55N3O12/c1-54-22-29-14-16-40-38(19-29)39(23-55-40)42-17-15-36-43(64-2)21-33-20-37(31-9-3-4-10-31)46(41(59)25-56-24-32-11-5-6-13-35(32)51(56)62)48(61)45(33)49(36)68-52-53(63,28-57)50(47(60)44(67-52)27-65-42)66-26-30-8-7-12-34(58)18-30/h5-8,11-21,23,31,42,44,47,50,52,54-55,57-58,60-61,63H,3-4,9-10,22,24-28H2,1-2H3. The summed E-state index contributed by atoms with van der Waals surface area (Å²) in [6.07, 6.45) is 1.88. The molecule has 3 aliphatic heterocycles. The van der Waals surface area contributed by atoms with E-state index >= 15 is 0 Å². The molecule has 6 unspecified atom stereocenters. The Bertz CT molecular complexity index is 2930. The maximum Gasteiger partial charge on any atom is 0.254 e. The summed E-state index contributed by atoms with van der Waals surface area (Å²) >= 11 is 0. The number of benzene rings is 5. The number of hydrogen-bond donors (Lipinski definition) is 7. The summed E-state index contributed by atoms with van der Waals surface area (Å²) in [7, 11) is 3.37. The van der Waals surface area contributed by atoms with Crippen molar-refractivity contribution in [3.05, 3.63) is 136 Å². The molecule has 1 saturated carbocycles. The second kappa shape index (κ2) is 18.7. The maximum atomic E-state index is 14.8. The van der Waals surface area contributed by atoms with Gasteiger partial charge in [-0.1, -0.05) is 55.3 Å². The molecule has 1 aliphatic carbocycles. The van der Waals surface area contributed by atoms with Crippen molar-refractivity contribution in [2.45, 2.75) is 87.6 Å². The fourth-order valence-corrected chi connectivity index (χ4v) is 10.5. The number of phenols is 2. The largest absolute Gasteiger partial charge is 0.508 e. The van der Waals surface area contributed by atoms with Crippen LogP contribution in [0.25, 0.3) is 27.8 Å². The molecule has 1 amide bonds. The molecule has 354 valence electrons. The third kappa shape index (κ3) is 8.17. The fraction of sp³-hybridized carbons (Fsp3) is 0.358. The van der Waals surface area contributed by atoms with Crippen LogP contribution in [0.3, 0.4) is 0 Å². The van der Waals surface area contributed by atoms with Crippen molar-refractivity contribution in [2.24, 2.45) is 0 Å². The van der Waals surface area contributed by atoms with E-state index in [1.807, 2.05) is 43.6 Å². The van der Waals surface area contributed by atoms with Gasteiger partial charge in [-0.3, -0.25) is 9.59 Å². The number of H-pyrrole nitrogens is 1. The van der Waals surface area contributed by atoms with Gasteiger partial charge in [0.1, 0.15) is 47.4 Å². The summed E-state index contributed by atoms with van der Waals surface area (Å²) in [5.41, 5.74) is 3.04. The maximum absolute atomic E-state index is 14.8. The summed E-state index contributed by atoms with van der Waals surface area (Å²) in [6, 6.07) is 23.3. The highest BCUT2D eigenvalue weighted by Crippen LogP contribution is 2.50. The number of aliphatic hydroxyl groups excluding tert-OH is 2. The fourth-order valence-electron chi connectivity index (χ4n) is 10.5. The number of rotatable bonds is 12. The Kier molecular flexibility index (Phi) is 12.5. The summed E-state index contributed by atoms with van der Waals surface area (Å²) in [5, 5.41) is 63.5. The molecule has 15 nitrogen and oxygen atoms in total. The van der Waals surface area contributed by atoms with Crippen LogP contribution in [0.1, 0.15) is 91.8 Å². The van der Waals surface area contributed by atoms with E-state index in [2.05, 4.69) is 16.4 Å². The Labute approximate surface area is 392 Å². The first-order valence-corrected chi connectivity index (χ1v) is 23.1. The quantitative estimate of drug-likeness (QED) is 0.0653. The van der Waals surface area contributed by atoms with Crippen LogP contribution in [0.4, 0.5) is 0 Å². The first-order valence-electron chi connectivity index (χ1n) is 23.1. The first kappa shape index (κ1) is 45.5. The molecule has 4 heterocycles. The number of aromatic nitrogens is 1. The van der Waals surface area contributed by atoms with Crippen LogP contribution >= 0.6 is 0 Å². The van der Waals surface area contributed by atoms with E-state index in [9.17, 15) is 35.1 Å². The number of hydrogen-bond acceptors (Lipinski definition) is 13. The predicted octanol–water partition coefficient (Wildman–Crippen LogP) is 6.51. The van der Waals surface area contributed by atoms with E-state index in [0.29, 0.717) is 34.4 Å². The number of amides is 1. The van der Waals surface area contributed by atoms with E-state index < -0.39 is 48.7 Å². The van der Waals surface area contributed by atoms with Gasteiger partial charge in [0.15, 0.2) is 11.4 Å². The molecule has 5 aromatic carbocycles. The van der Waals surface area contributed by atoms with Crippen LogP contribution in [0.2, 0.25) is 0 Å². The topological polar surface area (TPSA) is 212 Å². The van der Waals surface area contributed by atoms with Crippen molar-refractivity contribution < 1.29 is 58.8 Å². The molecular weight excluding hydrogens is 871 g/mol. The summed E-state index contributed by atoms with van der Waals surface area (Å²) in [4.78, 5) is 33.3. The first-order chi connectivity index (χ1) is 33.0. The van der Waals surface area contributed by atoms with Crippen molar-refractivity contribution >= 4 is 39.4 Å². The van der Waals surface area contributed by atoms with Gasteiger partial charge in [-0.2, -0.15) is 0 Å². The van der Waals surface area contributed by atoms with E-state index in [0.717, 1.165) is 53.3 Å². The van der Waals surface area contributed by atoms with E-state index in [-0.39, 0.29) is 71.9 Å². The Morgan fingerprint density at radius 2 is 1.82 bits per heavy atom. The number of aromatic hydroxyl groups is 2. The minimum absolute atomic E-state index is 0.0147. The number of carbonyl (C=O) groups is 2. The van der Waals surface area contributed by atoms with Crippen LogP contribution in [-0.4, -0.2) is 111 Å². The molecule has 0 radical (unpaired) electrons. The number of aromatic amines is 1.